The molecule has 0 spiro atoms. The molecule has 2 atom stereocenters. The summed E-state index contributed by atoms with van der Waals surface area (Å²) in [6.07, 6.45) is 0.946. The number of carbonyl (C=O) groups is 2. The minimum Gasteiger partial charge on any atom is -0.496 e. The van der Waals surface area contributed by atoms with Gasteiger partial charge in [0.15, 0.2) is 0 Å². The molecule has 0 bridgehead atoms. The topological polar surface area (TPSA) is 75.6 Å². The number of carbonyl (C=O) groups excluding carboxylic acids is 1. The van der Waals surface area contributed by atoms with E-state index in [1.165, 1.54) is 0 Å². The molecule has 26 heavy (non-hydrogen) atoms. The van der Waals surface area contributed by atoms with Gasteiger partial charge in [0.2, 0.25) is 5.91 Å². The van der Waals surface area contributed by atoms with Crippen LogP contribution in [-0.4, -0.2) is 30.6 Å². The van der Waals surface area contributed by atoms with Gasteiger partial charge in [0.25, 0.3) is 0 Å². The molecule has 0 saturated carbocycles. The molecule has 0 aliphatic rings. The standard InChI is InChI=1S/C21H25NO4/c1-3-18(15-9-5-4-6-10-15)20(23)22-14-17(21(24)25)13-16-11-7-8-12-19(16)26-2/h4-12,17-18H,3,13-14H2,1-2H3,(H,22,23)(H,24,25). The average Bonchev–Trinajstić information content (AvgIpc) is 2.66. The van der Waals surface area contributed by atoms with Gasteiger partial charge in [-0.05, 0) is 30.0 Å². The predicted molar refractivity (Wildman–Crippen MR) is 100 cm³/mol. The van der Waals surface area contributed by atoms with Crippen LogP contribution in [-0.2, 0) is 16.0 Å². The molecular formula is C21H25NO4. The van der Waals surface area contributed by atoms with Gasteiger partial charge in [-0.1, -0.05) is 55.5 Å². The summed E-state index contributed by atoms with van der Waals surface area (Å²) in [7, 11) is 1.56. The van der Waals surface area contributed by atoms with Gasteiger partial charge in [-0.3, -0.25) is 9.59 Å². The summed E-state index contributed by atoms with van der Waals surface area (Å²) in [6.45, 7) is 2.02. The third kappa shape index (κ3) is 5.09. The first-order valence-electron chi connectivity index (χ1n) is 8.74. The fourth-order valence-corrected chi connectivity index (χ4v) is 2.99. The maximum atomic E-state index is 12.5. The molecule has 5 nitrogen and oxygen atoms in total. The second-order valence-electron chi connectivity index (χ2n) is 6.17. The Morgan fingerprint density at radius 1 is 1.08 bits per heavy atom. The van der Waals surface area contributed by atoms with Crippen LogP contribution in [0.3, 0.4) is 0 Å². The summed E-state index contributed by atoms with van der Waals surface area (Å²) >= 11 is 0. The number of hydrogen-bond donors (Lipinski definition) is 2. The smallest absolute Gasteiger partial charge is 0.308 e. The van der Waals surface area contributed by atoms with Crippen molar-refractivity contribution in [3.05, 3.63) is 65.7 Å². The van der Waals surface area contributed by atoms with Gasteiger partial charge in [-0.15, -0.1) is 0 Å². The largest absolute Gasteiger partial charge is 0.496 e. The van der Waals surface area contributed by atoms with Crippen LogP contribution in [0.15, 0.2) is 54.6 Å². The summed E-state index contributed by atoms with van der Waals surface area (Å²) in [5, 5.41) is 12.3. The van der Waals surface area contributed by atoms with Crippen LogP contribution < -0.4 is 10.1 Å². The fourth-order valence-electron chi connectivity index (χ4n) is 2.99. The molecule has 2 aromatic carbocycles. The van der Waals surface area contributed by atoms with E-state index >= 15 is 0 Å². The van der Waals surface area contributed by atoms with Crippen molar-refractivity contribution >= 4 is 11.9 Å². The molecule has 2 aromatic rings. The zero-order valence-electron chi connectivity index (χ0n) is 15.1. The minimum absolute atomic E-state index is 0.0789. The van der Waals surface area contributed by atoms with Crippen molar-refractivity contribution in [2.75, 3.05) is 13.7 Å². The number of rotatable bonds is 9. The molecule has 2 N–H and O–H groups in total. The van der Waals surface area contributed by atoms with Gasteiger partial charge < -0.3 is 15.2 Å². The lowest BCUT2D eigenvalue weighted by Crippen LogP contribution is -2.36. The van der Waals surface area contributed by atoms with E-state index in [1.807, 2.05) is 55.5 Å². The van der Waals surface area contributed by atoms with Crippen molar-refractivity contribution in [2.45, 2.75) is 25.7 Å². The van der Waals surface area contributed by atoms with Crippen LogP contribution in [0.25, 0.3) is 0 Å². The lowest BCUT2D eigenvalue weighted by Gasteiger charge is -2.19. The summed E-state index contributed by atoms with van der Waals surface area (Å²) in [5.41, 5.74) is 1.75. The second-order valence-corrected chi connectivity index (χ2v) is 6.17. The highest BCUT2D eigenvalue weighted by molar-refractivity contribution is 5.84. The number of methoxy groups -OCH3 is 1. The van der Waals surface area contributed by atoms with Gasteiger partial charge >= 0.3 is 5.97 Å². The Kier molecular flexibility index (Phi) is 7.21. The molecule has 0 fully saturated rings. The van der Waals surface area contributed by atoms with Gasteiger partial charge in [0.1, 0.15) is 5.75 Å². The van der Waals surface area contributed by atoms with Gasteiger partial charge in [-0.2, -0.15) is 0 Å². The zero-order valence-corrected chi connectivity index (χ0v) is 15.1. The fraction of sp³-hybridized carbons (Fsp3) is 0.333. The van der Waals surface area contributed by atoms with Crippen molar-refractivity contribution in [3.63, 3.8) is 0 Å². The van der Waals surface area contributed by atoms with Gasteiger partial charge in [0.05, 0.1) is 18.9 Å². The number of carboxylic acids is 1. The lowest BCUT2D eigenvalue weighted by atomic mass is 9.94. The molecule has 2 rings (SSSR count). The van der Waals surface area contributed by atoms with E-state index in [0.29, 0.717) is 18.6 Å². The molecule has 1 amide bonds. The number of nitrogens with one attached hydrogen (secondary N) is 1. The van der Waals surface area contributed by atoms with Crippen LogP contribution in [0.1, 0.15) is 30.4 Å². The average molecular weight is 355 g/mol. The molecule has 2 unspecified atom stereocenters. The van der Waals surface area contributed by atoms with Crippen molar-refractivity contribution < 1.29 is 19.4 Å². The van der Waals surface area contributed by atoms with Crippen molar-refractivity contribution in [2.24, 2.45) is 5.92 Å². The Hall–Kier alpha value is -2.82. The Morgan fingerprint density at radius 3 is 2.35 bits per heavy atom. The van der Waals surface area contributed by atoms with Crippen LogP contribution in [0, 0.1) is 5.92 Å². The normalized spacial score (nSPS) is 12.8. The zero-order chi connectivity index (χ0) is 18.9. The van der Waals surface area contributed by atoms with E-state index in [2.05, 4.69) is 5.32 Å². The van der Waals surface area contributed by atoms with E-state index in [9.17, 15) is 14.7 Å². The maximum absolute atomic E-state index is 12.5. The van der Waals surface area contributed by atoms with Crippen LogP contribution in [0.2, 0.25) is 0 Å². The van der Waals surface area contributed by atoms with Gasteiger partial charge in [-0.25, -0.2) is 0 Å². The molecule has 0 aliphatic carbocycles. The number of amides is 1. The number of hydrogen-bond acceptors (Lipinski definition) is 3. The first-order chi connectivity index (χ1) is 12.6. The SMILES string of the molecule is CCC(C(=O)NCC(Cc1ccccc1OC)C(=O)O)c1ccccc1. The van der Waals surface area contributed by atoms with Crippen molar-refractivity contribution in [1.82, 2.24) is 5.32 Å². The predicted octanol–water partition coefficient (Wildman–Crippen LogP) is 3.25. The van der Waals surface area contributed by atoms with E-state index in [4.69, 9.17) is 4.74 Å². The molecule has 138 valence electrons. The highest BCUT2D eigenvalue weighted by atomic mass is 16.5. The highest BCUT2D eigenvalue weighted by Gasteiger charge is 2.23. The summed E-state index contributed by atoms with van der Waals surface area (Å²) < 4.78 is 5.28. The van der Waals surface area contributed by atoms with E-state index in [-0.39, 0.29) is 18.4 Å². The molecule has 0 heterocycles. The third-order valence-corrected chi connectivity index (χ3v) is 4.46. The number of benzene rings is 2. The maximum Gasteiger partial charge on any atom is 0.308 e. The first-order valence-corrected chi connectivity index (χ1v) is 8.74. The summed E-state index contributed by atoms with van der Waals surface area (Å²) in [6, 6.07) is 16.9. The third-order valence-electron chi connectivity index (χ3n) is 4.46. The number of para-hydroxylation sites is 1. The Bertz CT molecular complexity index is 730. The van der Waals surface area contributed by atoms with Crippen LogP contribution in [0.4, 0.5) is 0 Å². The van der Waals surface area contributed by atoms with Crippen molar-refractivity contribution in [3.8, 4) is 5.75 Å². The minimum atomic E-state index is -0.941. The van der Waals surface area contributed by atoms with E-state index < -0.39 is 11.9 Å². The molecule has 0 aromatic heterocycles. The molecular weight excluding hydrogens is 330 g/mol. The Labute approximate surface area is 154 Å². The van der Waals surface area contributed by atoms with Crippen molar-refractivity contribution in [1.29, 1.82) is 0 Å². The molecule has 0 radical (unpaired) electrons. The second kappa shape index (κ2) is 9.61. The summed E-state index contributed by atoms with van der Waals surface area (Å²) in [5.74, 6) is -1.44. The Morgan fingerprint density at radius 2 is 1.73 bits per heavy atom. The lowest BCUT2D eigenvalue weighted by molar-refractivity contribution is -0.141. The highest BCUT2D eigenvalue weighted by Crippen LogP contribution is 2.22. The molecule has 5 heteroatoms. The number of carboxylic acid groups (broad SMARTS) is 1. The van der Waals surface area contributed by atoms with E-state index in [0.717, 1.165) is 11.1 Å². The molecule has 0 saturated heterocycles. The monoisotopic (exact) mass is 355 g/mol. The van der Waals surface area contributed by atoms with Crippen LogP contribution in [0.5, 0.6) is 5.75 Å². The Balaban J connectivity index is 2.04. The van der Waals surface area contributed by atoms with E-state index in [1.54, 1.807) is 13.2 Å². The quantitative estimate of drug-likeness (QED) is 0.724. The number of ether oxygens (including phenoxy) is 1. The number of aliphatic carboxylic acids is 1. The molecule has 0 aliphatic heterocycles. The van der Waals surface area contributed by atoms with Gasteiger partial charge in [0, 0.05) is 6.54 Å². The summed E-state index contributed by atoms with van der Waals surface area (Å²) in [4.78, 5) is 24.2. The first kappa shape index (κ1) is 19.5. The van der Waals surface area contributed by atoms with Crippen LogP contribution >= 0.6 is 0 Å².